The summed E-state index contributed by atoms with van der Waals surface area (Å²) in [5.74, 6) is 0. The molecule has 0 saturated carbocycles. The van der Waals surface area contributed by atoms with Gasteiger partial charge in [0.1, 0.15) is 0 Å². The molecule has 0 spiro atoms. The minimum atomic E-state index is 0. The topological polar surface area (TPSA) is 13.1 Å². The minimum absolute atomic E-state index is 0. The zero-order valence-electron chi connectivity index (χ0n) is 3.42. The molecule has 0 radical (unpaired) electrons. The second-order valence-electron chi connectivity index (χ2n) is 0.793. The van der Waals surface area contributed by atoms with Crippen molar-refractivity contribution >= 4 is 0 Å². The molecule has 0 atom stereocenters. The smallest absolute Gasteiger partial charge is 0.0902 e. The first kappa shape index (κ1) is 5.90. The predicted molar refractivity (Wildman–Crippen MR) is 18.7 cm³/mol. The molecule has 0 aliphatic heterocycles. The van der Waals surface area contributed by atoms with Crippen LogP contribution < -0.4 is 0 Å². The zero-order valence-corrected chi connectivity index (χ0v) is 6.39. The van der Waals surface area contributed by atoms with Crippen molar-refractivity contribution in [2.75, 3.05) is 0 Å². The monoisotopic (exact) mass is 132 g/mol. The van der Waals surface area contributed by atoms with Crippen LogP contribution in [0.3, 0.4) is 0 Å². The maximum Gasteiger partial charge on any atom is 0.0902 e. The van der Waals surface area contributed by atoms with Gasteiger partial charge >= 0.3 is 0 Å². The van der Waals surface area contributed by atoms with Crippen LogP contribution in [0.1, 0.15) is 0 Å². The fourth-order valence-corrected chi connectivity index (χ4v) is 0.227. The van der Waals surface area contributed by atoms with E-state index in [0.29, 0.717) is 0 Å². The molecule has 0 N–H and O–H groups in total. The molecule has 1 nitrogen and oxygen atoms in total. The van der Waals surface area contributed by atoms with Crippen molar-refractivity contribution in [1.29, 1.82) is 0 Å². The molecular formula is C4H4OZn. The summed E-state index contributed by atoms with van der Waals surface area (Å²) in [5.41, 5.74) is 0. The molecule has 0 aromatic carbocycles. The average molecular weight is 133 g/mol. The Kier molecular flexibility index (Phi) is 3.06. The SMILES string of the molecule is [Zn].c1ccoc1. The summed E-state index contributed by atoms with van der Waals surface area (Å²) in [6, 6.07) is 3.67. The van der Waals surface area contributed by atoms with E-state index in [1.165, 1.54) is 0 Å². The van der Waals surface area contributed by atoms with Gasteiger partial charge in [-0.15, -0.1) is 0 Å². The normalized spacial score (nSPS) is 6.67. The van der Waals surface area contributed by atoms with E-state index in [9.17, 15) is 0 Å². The third-order valence-electron chi connectivity index (χ3n) is 0.425. The van der Waals surface area contributed by atoms with Gasteiger partial charge in [-0.1, -0.05) is 0 Å². The van der Waals surface area contributed by atoms with Crippen LogP contribution in [0, 0.1) is 0 Å². The summed E-state index contributed by atoms with van der Waals surface area (Å²) in [6.07, 6.45) is 3.25. The summed E-state index contributed by atoms with van der Waals surface area (Å²) in [6.45, 7) is 0. The fourth-order valence-electron chi connectivity index (χ4n) is 0.227. The van der Waals surface area contributed by atoms with Gasteiger partial charge in [-0.05, 0) is 12.1 Å². The molecule has 28 valence electrons. The maximum atomic E-state index is 4.58. The number of hydrogen-bond donors (Lipinski definition) is 0. The van der Waals surface area contributed by atoms with Crippen LogP contribution in [0.2, 0.25) is 0 Å². The first-order valence-corrected chi connectivity index (χ1v) is 1.47. The summed E-state index contributed by atoms with van der Waals surface area (Å²) < 4.78 is 4.58. The van der Waals surface area contributed by atoms with Gasteiger partial charge < -0.3 is 4.42 Å². The van der Waals surface area contributed by atoms with Crippen LogP contribution in [-0.2, 0) is 19.5 Å². The summed E-state index contributed by atoms with van der Waals surface area (Å²) in [5, 5.41) is 0. The number of hydrogen-bond acceptors (Lipinski definition) is 1. The van der Waals surface area contributed by atoms with Gasteiger partial charge in [0.05, 0.1) is 12.5 Å². The third kappa shape index (κ3) is 1.37. The molecule has 6 heavy (non-hydrogen) atoms. The average Bonchev–Trinajstić information content (AvgIpc) is 1.76. The molecule has 0 aliphatic rings. The Balaban J connectivity index is 0.000000250. The van der Waals surface area contributed by atoms with E-state index in [1.807, 2.05) is 12.1 Å². The van der Waals surface area contributed by atoms with Gasteiger partial charge in [-0.3, -0.25) is 0 Å². The molecule has 0 fully saturated rings. The van der Waals surface area contributed by atoms with Crippen molar-refractivity contribution in [3.63, 3.8) is 0 Å². The zero-order chi connectivity index (χ0) is 3.54. The summed E-state index contributed by atoms with van der Waals surface area (Å²) in [4.78, 5) is 0. The largest absolute Gasteiger partial charge is 0.473 e. The van der Waals surface area contributed by atoms with Crippen LogP contribution in [-0.4, -0.2) is 0 Å². The first-order chi connectivity index (χ1) is 2.50. The van der Waals surface area contributed by atoms with E-state index in [1.54, 1.807) is 12.5 Å². The standard InChI is InChI=1S/C4H4O.Zn/c1-2-4-5-3-1;/h1-4H;. The Morgan fingerprint density at radius 1 is 1.00 bits per heavy atom. The van der Waals surface area contributed by atoms with Crippen LogP contribution in [0.25, 0.3) is 0 Å². The molecular weight excluding hydrogens is 129 g/mol. The Morgan fingerprint density at radius 3 is 1.67 bits per heavy atom. The van der Waals surface area contributed by atoms with E-state index in [-0.39, 0.29) is 19.5 Å². The molecule has 1 aromatic rings. The van der Waals surface area contributed by atoms with Crippen molar-refractivity contribution in [2.45, 2.75) is 0 Å². The molecule has 1 rings (SSSR count). The van der Waals surface area contributed by atoms with E-state index in [4.69, 9.17) is 0 Å². The van der Waals surface area contributed by atoms with Crippen molar-refractivity contribution in [3.05, 3.63) is 24.7 Å². The van der Waals surface area contributed by atoms with Crippen LogP contribution in [0.4, 0.5) is 0 Å². The van der Waals surface area contributed by atoms with Gasteiger partial charge in [0, 0.05) is 19.5 Å². The van der Waals surface area contributed by atoms with E-state index < -0.39 is 0 Å². The fraction of sp³-hybridized carbons (Fsp3) is 0. The third-order valence-corrected chi connectivity index (χ3v) is 0.425. The second-order valence-corrected chi connectivity index (χ2v) is 0.793. The minimum Gasteiger partial charge on any atom is -0.473 e. The second kappa shape index (κ2) is 3.11. The molecule has 0 unspecified atom stereocenters. The Bertz CT molecular complexity index is 64.0. The van der Waals surface area contributed by atoms with E-state index in [0.717, 1.165) is 0 Å². The molecule has 0 amide bonds. The van der Waals surface area contributed by atoms with Crippen LogP contribution in [0.15, 0.2) is 29.1 Å². The van der Waals surface area contributed by atoms with Crippen molar-refractivity contribution in [2.24, 2.45) is 0 Å². The van der Waals surface area contributed by atoms with Gasteiger partial charge in [-0.25, -0.2) is 0 Å². The van der Waals surface area contributed by atoms with Gasteiger partial charge in [0.15, 0.2) is 0 Å². The van der Waals surface area contributed by atoms with Crippen LogP contribution in [0.5, 0.6) is 0 Å². The van der Waals surface area contributed by atoms with Crippen molar-refractivity contribution in [3.8, 4) is 0 Å². The van der Waals surface area contributed by atoms with E-state index in [2.05, 4.69) is 4.42 Å². The molecule has 2 heteroatoms. The van der Waals surface area contributed by atoms with Gasteiger partial charge in [0.25, 0.3) is 0 Å². The molecule has 0 bridgehead atoms. The van der Waals surface area contributed by atoms with Crippen molar-refractivity contribution in [1.82, 2.24) is 0 Å². The molecule has 1 aromatic heterocycles. The maximum absolute atomic E-state index is 4.58. The Hall–Kier alpha value is -0.0966. The molecule has 0 saturated heterocycles. The van der Waals surface area contributed by atoms with Gasteiger partial charge in [0.2, 0.25) is 0 Å². The number of rotatable bonds is 0. The van der Waals surface area contributed by atoms with Crippen molar-refractivity contribution < 1.29 is 23.9 Å². The predicted octanol–water partition coefficient (Wildman–Crippen LogP) is 1.28. The molecule has 0 aliphatic carbocycles. The van der Waals surface area contributed by atoms with Crippen LogP contribution >= 0.6 is 0 Å². The quantitative estimate of drug-likeness (QED) is 0.486. The molecule has 1 heterocycles. The Labute approximate surface area is 49.1 Å². The Morgan fingerprint density at radius 2 is 1.50 bits per heavy atom. The first-order valence-electron chi connectivity index (χ1n) is 1.47. The van der Waals surface area contributed by atoms with E-state index >= 15 is 0 Å². The summed E-state index contributed by atoms with van der Waals surface area (Å²) >= 11 is 0. The van der Waals surface area contributed by atoms with Gasteiger partial charge in [-0.2, -0.15) is 0 Å². The number of furan rings is 1. The summed E-state index contributed by atoms with van der Waals surface area (Å²) in [7, 11) is 0.